The lowest BCUT2D eigenvalue weighted by Gasteiger charge is -2.32. The lowest BCUT2D eigenvalue weighted by atomic mass is 9.96. The highest BCUT2D eigenvalue weighted by molar-refractivity contribution is 6.29. The van der Waals surface area contributed by atoms with E-state index in [1.165, 1.54) is 5.56 Å². The van der Waals surface area contributed by atoms with E-state index >= 15 is 0 Å². The van der Waals surface area contributed by atoms with Crippen molar-refractivity contribution in [2.75, 3.05) is 18.4 Å². The molecule has 1 aliphatic heterocycles. The van der Waals surface area contributed by atoms with Gasteiger partial charge in [0.1, 0.15) is 5.15 Å². The molecule has 1 N–H and O–H groups in total. The molecular weight excluding hydrogens is 310 g/mol. The van der Waals surface area contributed by atoms with Gasteiger partial charge >= 0.3 is 0 Å². The Morgan fingerprint density at radius 2 is 2.09 bits per heavy atom. The number of nitrogens with zero attached hydrogens (tertiary/aromatic N) is 2. The minimum Gasteiger partial charge on any atom is -0.324 e. The number of rotatable bonds is 4. The number of hydrogen-bond donors (Lipinski definition) is 1. The largest absolute Gasteiger partial charge is 0.324 e. The molecule has 1 saturated heterocycles. The maximum atomic E-state index is 12.5. The minimum absolute atomic E-state index is 0.0168. The second kappa shape index (κ2) is 7.57. The molecule has 23 heavy (non-hydrogen) atoms. The zero-order valence-corrected chi connectivity index (χ0v) is 13.7. The van der Waals surface area contributed by atoms with Crippen molar-refractivity contribution < 1.29 is 4.79 Å². The van der Waals surface area contributed by atoms with Gasteiger partial charge in [0.25, 0.3) is 0 Å². The normalized spacial score (nSPS) is 18.6. The van der Waals surface area contributed by atoms with Crippen molar-refractivity contribution in [3.8, 4) is 0 Å². The van der Waals surface area contributed by atoms with Crippen LogP contribution in [0.1, 0.15) is 18.4 Å². The standard InChI is InChI=1S/C18H20ClN3O/c19-17-9-8-16(11-20-17)21-18(23)15-7-4-10-22(13-15)12-14-5-2-1-3-6-14/h1-3,5-6,8-9,11,15H,4,7,10,12-13H2,(H,21,23). The molecule has 1 aromatic carbocycles. The van der Waals surface area contributed by atoms with Crippen LogP contribution in [0.5, 0.6) is 0 Å². The molecule has 0 bridgehead atoms. The molecule has 2 aromatic rings. The van der Waals surface area contributed by atoms with Crippen molar-refractivity contribution in [1.82, 2.24) is 9.88 Å². The molecule has 0 spiro atoms. The van der Waals surface area contributed by atoms with Crippen molar-refractivity contribution >= 4 is 23.2 Å². The highest BCUT2D eigenvalue weighted by atomic mass is 35.5. The average molecular weight is 330 g/mol. The first-order valence-electron chi connectivity index (χ1n) is 7.89. The lowest BCUT2D eigenvalue weighted by molar-refractivity contribution is -0.121. The van der Waals surface area contributed by atoms with Crippen molar-refractivity contribution in [1.29, 1.82) is 0 Å². The van der Waals surface area contributed by atoms with Gasteiger partial charge in [-0.05, 0) is 37.1 Å². The molecule has 1 amide bonds. The van der Waals surface area contributed by atoms with Crippen LogP contribution in [0.2, 0.25) is 5.15 Å². The molecule has 1 aliphatic rings. The molecule has 1 fully saturated rings. The predicted octanol–water partition coefficient (Wildman–Crippen LogP) is 3.59. The Bertz CT molecular complexity index is 645. The van der Waals surface area contributed by atoms with Gasteiger partial charge in [-0.3, -0.25) is 9.69 Å². The Hall–Kier alpha value is -1.91. The van der Waals surface area contributed by atoms with Crippen LogP contribution in [0.3, 0.4) is 0 Å². The van der Waals surface area contributed by atoms with E-state index < -0.39 is 0 Å². The number of carbonyl (C=O) groups excluding carboxylic acids is 1. The van der Waals surface area contributed by atoms with Crippen LogP contribution < -0.4 is 5.32 Å². The molecule has 3 rings (SSSR count). The van der Waals surface area contributed by atoms with Gasteiger partial charge in [-0.2, -0.15) is 0 Å². The zero-order valence-electron chi connectivity index (χ0n) is 12.9. The van der Waals surface area contributed by atoms with Gasteiger partial charge in [-0.15, -0.1) is 0 Å². The molecule has 1 unspecified atom stereocenters. The number of aromatic nitrogens is 1. The quantitative estimate of drug-likeness (QED) is 0.872. The molecule has 0 aliphatic carbocycles. The fourth-order valence-electron chi connectivity index (χ4n) is 2.95. The second-order valence-electron chi connectivity index (χ2n) is 5.92. The SMILES string of the molecule is O=C(Nc1ccc(Cl)nc1)C1CCCN(Cc2ccccc2)C1. The number of nitrogens with one attached hydrogen (secondary N) is 1. The summed E-state index contributed by atoms with van der Waals surface area (Å²) in [4.78, 5) is 18.8. The van der Waals surface area contributed by atoms with Gasteiger partial charge in [0.05, 0.1) is 17.8 Å². The monoisotopic (exact) mass is 329 g/mol. The van der Waals surface area contributed by atoms with E-state index in [2.05, 4.69) is 39.5 Å². The number of piperidine rings is 1. The third-order valence-electron chi connectivity index (χ3n) is 4.12. The van der Waals surface area contributed by atoms with E-state index in [0.717, 1.165) is 32.5 Å². The highest BCUT2D eigenvalue weighted by Crippen LogP contribution is 2.20. The summed E-state index contributed by atoms with van der Waals surface area (Å²) in [6, 6.07) is 13.8. The topological polar surface area (TPSA) is 45.2 Å². The van der Waals surface area contributed by atoms with Crippen LogP contribution >= 0.6 is 11.6 Å². The first-order chi connectivity index (χ1) is 11.2. The van der Waals surface area contributed by atoms with Crippen LogP contribution in [-0.4, -0.2) is 28.9 Å². The number of anilines is 1. The summed E-state index contributed by atoms with van der Waals surface area (Å²) < 4.78 is 0. The van der Waals surface area contributed by atoms with Gasteiger partial charge in [0.2, 0.25) is 5.91 Å². The molecular formula is C18H20ClN3O. The summed E-state index contributed by atoms with van der Waals surface area (Å²) in [5, 5.41) is 3.36. The Morgan fingerprint density at radius 3 is 2.83 bits per heavy atom. The van der Waals surface area contributed by atoms with E-state index in [4.69, 9.17) is 11.6 Å². The second-order valence-corrected chi connectivity index (χ2v) is 6.31. The molecule has 0 saturated carbocycles. The maximum Gasteiger partial charge on any atom is 0.228 e. The zero-order chi connectivity index (χ0) is 16.1. The fraction of sp³-hybridized carbons (Fsp3) is 0.333. The summed E-state index contributed by atoms with van der Waals surface area (Å²) in [6.07, 6.45) is 3.56. The number of hydrogen-bond acceptors (Lipinski definition) is 3. The maximum absolute atomic E-state index is 12.5. The Kier molecular flexibility index (Phi) is 5.26. The Morgan fingerprint density at radius 1 is 1.26 bits per heavy atom. The van der Waals surface area contributed by atoms with E-state index in [9.17, 15) is 4.79 Å². The number of halogens is 1. The Labute approximate surface area is 141 Å². The molecule has 0 radical (unpaired) electrons. The first kappa shape index (κ1) is 16.0. The van der Waals surface area contributed by atoms with Crippen molar-refractivity contribution in [3.63, 3.8) is 0 Å². The van der Waals surface area contributed by atoms with Crippen molar-refractivity contribution in [2.45, 2.75) is 19.4 Å². The fourth-order valence-corrected chi connectivity index (χ4v) is 3.06. The molecule has 5 heteroatoms. The van der Waals surface area contributed by atoms with Gasteiger partial charge in [-0.25, -0.2) is 4.98 Å². The Balaban J connectivity index is 1.57. The number of pyridine rings is 1. The highest BCUT2D eigenvalue weighted by Gasteiger charge is 2.25. The van der Waals surface area contributed by atoms with E-state index in [1.807, 2.05) is 6.07 Å². The summed E-state index contributed by atoms with van der Waals surface area (Å²) in [7, 11) is 0. The van der Waals surface area contributed by atoms with Crippen LogP contribution in [0.15, 0.2) is 48.7 Å². The van der Waals surface area contributed by atoms with Gasteiger partial charge in [-0.1, -0.05) is 41.9 Å². The number of benzene rings is 1. The summed E-state index contributed by atoms with van der Waals surface area (Å²) in [6.45, 7) is 2.73. The van der Waals surface area contributed by atoms with Gasteiger partial charge < -0.3 is 5.32 Å². The van der Waals surface area contributed by atoms with Crippen LogP contribution in [-0.2, 0) is 11.3 Å². The van der Waals surface area contributed by atoms with E-state index in [0.29, 0.717) is 10.8 Å². The van der Waals surface area contributed by atoms with Crippen LogP contribution in [0.4, 0.5) is 5.69 Å². The summed E-state index contributed by atoms with van der Waals surface area (Å²) >= 11 is 5.76. The van der Waals surface area contributed by atoms with Gasteiger partial charge in [0.15, 0.2) is 0 Å². The predicted molar refractivity (Wildman–Crippen MR) is 92.3 cm³/mol. The third kappa shape index (κ3) is 4.53. The molecule has 1 aromatic heterocycles. The molecule has 4 nitrogen and oxygen atoms in total. The van der Waals surface area contributed by atoms with Gasteiger partial charge in [0, 0.05) is 13.1 Å². The average Bonchev–Trinajstić information content (AvgIpc) is 2.58. The minimum atomic E-state index is 0.0168. The van der Waals surface area contributed by atoms with E-state index in [-0.39, 0.29) is 11.8 Å². The number of amides is 1. The third-order valence-corrected chi connectivity index (χ3v) is 4.34. The molecule has 2 heterocycles. The van der Waals surface area contributed by atoms with Crippen LogP contribution in [0.25, 0.3) is 0 Å². The lowest BCUT2D eigenvalue weighted by Crippen LogP contribution is -2.40. The van der Waals surface area contributed by atoms with Crippen LogP contribution in [0, 0.1) is 5.92 Å². The summed E-state index contributed by atoms with van der Waals surface area (Å²) in [5.41, 5.74) is 1.98. The summed E-state index contributed by atoms with van der Waals surface area (Å²) in [5.74, 6) is 0.0787. The van der Waals surface area contributed by atoms with Crippen molar-refractivity contribution in [3.05, 3.63) is 59.4 Å². The molecule has 120 valence electrons. The first-order valence-corrected chi connectivity index (χ1v) is 8.27. The number of carbonyl (C=O) groups is 1. The smallest absolute Gasteiger partial charge is 0.228 e. The number of likely N-dealkylation sites (tertiary alicyclic amines) is 1. The van der Waals surface area contributed by atoms with Crippen molar-refractivity contribution in [2.24, 2.45) is 5.92 Å². The molecule has 1 atom stereocenters. The van der Waals surface area contributed by atoms with E-state index in [1.54, 1.807) is 18.3 Å².